The van der Waals surface area contributed by atoms with Crippen LogP contribution in [0.3, 0.4) is 0 Å². The summed E-state index contributed by atoms with van der Waals surface area (Å²) in [5, 5.41) is 0. The molecule has 0 radical (unpaired) electrons. The van der Waals surface area contributed by atoms with E-state index >= 15 is 0 Å². The molecule has 0 aromatic heterocycles. The lowest BCUT2D eigenvalue weighted by Gasteiger charge is -2.19. The summed E-state index contributed by atoms with van der Waals surface area (Å²) >= 11 is 0. The predicted molar refractivity (Wildman–Crippen MR) is 175 cm³/mol. The van der Waals surface area contributed by atoms with Gasteiger partial charge < -0.3 is 14.4 Å². The maximum absolute atomic E-state index is 12.3. The number of phosphoric ester groups is 1. The van der Waals surface area contributed by atoms with Crippen molar-refractivity contribution in [3.63, 3.8) is 0 Å². The zero-order valence-electron chi connectivity index (χ0n) is 26.8. The Hall–Kier alpha value is -2.25. The van der Waals surface area contributed by atoms with Crippen LogP contribution in [0.2, 0.25) is 0 Å². The Labute approximate surface area is 260 Å². The average Bonchev–Trinajstić information content (AvgIpc) is 2.99. The third kappa shape index (κ3) is 29.6. The molecule has 0 aliphatic heterocycles. The van der Waals surface area contributed by atoms with Crippen molar-refractivity contribution in [3.8, 4) is 0 Å². The molecule has 0 aliphatic rings. The van der Waals surface area contributed by atoms with Crippen molar-refractivity contribution in [1.29, 1.82) is 0 Å². The van der Waals surface area contributed by atoms with E-state index in [4.69, 9.17) is 14.0 Å². The Morgan fingerprint density at radius 3 is 1.86 bits per heavy atom. The topological polar surface area (TPSA) is 108 Å². The second kappa shape index (κ2) is 29.8. The maximum Gasteiger partial charge on any atom is 0.472 e. The fourth-order valence-corrected chi connectivity index (χ4v) is 4.23. The highest BCUT2D eigenvalue weighted by Crippen LogP contribution is 2.42. The van der Waals surface area contributed by atoms with E-state index in [1.807, 2.05) is 12.2 Å². The lowest BCUT2D eigenvalue weighted by Crippen LogP contribution is -2.29. The smallest absolute Gasteiger partial charge is 0.462 e. The van der Waals surface area contributed by atoms with Crippen LogP contribution in [-0.2, 0) is 32.7 Å². The molecule has 0 aromatic rings. The van der Waals surface area contributed by atoms with Gasteiger partial charge in [0.25, 0.3) is 0 Å². The van der Waals surface area contributed by atoms with Crippen LogP contribution in [0.15, 0.2) is 60.8 Å². The zero-order valence-corrected chi connectivity index (χ0v) is 27.7. The van der Waals surface area contributed by atoms with E-state index in [9.17, 15) is 19.0 Å². The van der Waals surface area contributed by atoms with Gasteiger partial charge in [0.2, 0.25) is 0 Å². The molecule has 246 valence electrons. The first-order chi connectivity index (χ1) is 20.8. The lowest BCUT2D eigenvalue weighted by molar-refractivity contribution is -0.161. The Bertz CT molecular complexity index is 891. The largest absolute Gasteiger partial charge is 0.472 e. The van der Waals surface area contributed by atoms with Gasteiger partial charge in [0.05, 0.1) is 6.61 Å². The number of rotatable bonds is 28. The maximum atomic E-state index is 12.3. The van der Waals surface area contributed by atoms with E-state index in [0.717, 1.165) is 77.7 Å². The minimum Gasteiger partial charge on any atom is -0.462 e. The first-order valence-corrected chi connectivity index (χ1v) is 17.5. The van der Waals surface area contributed by atoms with Crippen molar-refractivity contribution in [2.24, 2.45) is 0 Å². The van der Waals surface area contributed by atoms with Crippen LogP contribution < -0.4 is 0 Å². The molecule has 2 atom stereocenters. The van der Waals surface area contributed by atoms with Gasteiger partial charge in [0.15, 0.2) is 6.10 Å². The summed E-state index contributed by atoms with van der Waals surface area (Å²) in [7, 11) is -3.23. The van der Waals surface area contributed by atoms with Gasteiger partial charge in [-0.2, -0.15) is 0 Å². The van der Waals surface area contributed by atoms with E-state index in [-0.39, 0.29) is 19.4 Å². The molecule has 0 saturated carbocycles. The summed E-state index contributed by atoms with van der Waals surface area (Å²) in [5.74, 6) is -0.920. The Balaban J connectivity index is 4.30. The minimum absolute atomic E-state index is 0.119. The third-order valence-corrected chi connectivity index (χ3v) is 7.20. The van der Waals surface area contributed by atoms with Crippen molar-refractivity contribution >= 4 is 19.8 Å². The van der Waals surface area contributed by atoms with Crippen LogP contribution in [0.1, 0.15) is 117 Å². The van der Waals surface area contributed by atoms with Crippen LogP contribution in [0.5, 0.6) is 0 Å². The molecular weight excluding hydrogens is 567 g/mol. The monoisotopic (exact) mass is 624 g/mol. The Morgan fingerprint density at radius 2 is 1.23 bits per heavy atom. The van der Waals surface area contributed by atoms with Gasteiger partial charge in [-0.05, 0) is 57.8 Å². The standard InChI is InChI=1S/C34H57O8P/c1-4-6-8-10-12-14-16-17-19-21-23-25-27-29-34(36)42-32(31-41-43(37,38)39-3)30-40-33(35)28-26-24-22-20-18-15-13-11-9-7-5-2/h6,8,11-14,17,19,23,25,32H,4-5,7,9-10,15-16,18,20-22,24,26-31H2,1-3H3,(H,37,38)/b8-6-,13-11-,14-12-,19-17-,25-23-. The molecule has 1 N–H and O–H groups in total. The van der Waals surface area contributed by atoms with Crippen molar-refractivity contribution in [2.45, 2.75) is 123 Å². The quantitative estimate of drug-likeness (QED) is 0.0397. The van der Waals surface area contributed by atoms with Crippen molar-refractivity contribution in [1.82, 2.24) is 0 Å². The normalized spacial score (nSPS) is 14.4. The van der Waals surface area contributed by atoms with E-state index in [0.29, 0.717) is 6.42 Å². The van der Waals surface area contributed by atoms with Gasteiger partial charge in [-0.3, -0.25) is 18.6 Å². The van der Waals surface area contributed by atoms with E-state index in [1.54, 1.807) is 0 Å². The first kappa shape index (κ1) is 40.8. The zero-order chi connectivity index (χ0) is 31.9. The first-order valence-electron chi connectivity index (χ1n) is 16.0. The van der Waals surface area contributed by atoms with Crippen molar-refractivity contribution < 1.29 is 37.6 Å². The third-order valence-electron chi connectivity index (χ3n) is 6.26. The van der Waals surface area contributed by atoms with Gasteiger partial charge in [-0.1, -0.05) is 107 Å². The lowest BCUT2D eigenvalue weighted by atomic mass is 10.1. The number of unbranched alkanes of at least 4 members (excludes halogenated alkanes) is 7. The number of ether oxygens (including phenoxy) is 2. The van der Waals surface area contributed by atoms with Gasteiger partial charge in [-0.25, -0.2) is 4.57 Å². The summed E-state index contributed by atoms with van der Waals surface area (Å²) in [6, 6.07) is 0. The second-order valence-electron chi connectivity index (χ2n) is 10.2. The van der Waals surface area contributed by atoms with Gasteiger partial charge in [-0.15, -0.1) is 0 Å². The number of esters is 2. The van der Waals surface area contributed by atoms with Crippen LogP contribution in [0.25, 0.3) is 0 Å². The molecular formula is C34H57O8P. The average molecular weight is 625 g/mol. The van der Waals surface area contributed by atoms with Crippen molar-refractivity contribution in [3.05, 3.63) is 60.8 Å². The SMILES string of the molecule is CC/C=C\C/C=C\C/C=C\C/C=C\CCC(=O)OC(COC(=O)CCCCCCC/C=C\CCCC)COP(=O)(O)OC. The molecule has 0 amide bonds. The number of carbonyl (C=O) groups is 2. The van der Waals surface area contributed by atoms with Crippen LogP contribution in [0, 0.1) is 0 Å². The van der Waals surface area contributed by atoms with Crippen LogP contribution >= 0.6 is 7.82 Å². The van der Waals surface area contributed by atoms with Crippen molar-refractivity contribution in [2.75, 3.05) is 20.3 Å². The highest BCUT2D eigenvalue weighted by atomic mass is 31.2. The van der Waals surface area contributed by atoms with Gasteiger partial charge in [0.1, 0.15) is 6.61 Å². The second-order valence-corrected chi connectivity index (χ2v) is 11.8. The number of phosphoric acid groups is 1. The fourth-order valence-electron chi connectivity index (χ4n) is 3.77. The highest BCUT2D eigenvalue weighted by molar-refractivity contribution is 7.47. The molecule has 0 spiro atoms. The van der Waals surface area contributed by atoms with Gasteiger partial charge >= 0.3 is 19.8 Å². The van der Waals surface area contributed by atoms with Crippen LogP contribution in [0.4, 0.5) is 0 Å². The molecule has 0 bridgehead atoms. The minimum atomic E-state index is -4.27. The molecule has 0 fully saturated rings. The van der Waals surface area contributed by atoms with Crippen LogP contribution in [-0.4, -0.2) is 43.3 Å². The highest BCUT2D eigenvalue weighted by Gasteiger charge is 2.24. The number of allylic oxidation sites excluding steroid dienone is 10. The molecule has 43 heavy (non-hydrogen) atoms. The summed E-state index contributed by atoms with van der Waals surface area (Å²) in [4.78, 5) is 34.1. The summed E-state index contributed by atoms with van der Waals surface area (Å²) in [6.07, 6.45) is 34.4. The fraction of sp³-hybridized carbons (Fsp3) is 0.647. The molecule has 0 saturated heterocycles. The summed E-state index contributed by atoms with van der Waals surface area (Å²) < 4.78 is 31.6. The number of hydrogen-bond donors (Lipinski definition) is 1. The predicted octanol–water partition coefficient (Wildman–Crippen LogP) is 9.27. The number of carbonyl (C=O) groups excluding carboxylic acids is 2. The molecule has 2 unspecified atom stereocenters. The molecule has 9 heteroatoms. The Kier molecular flexibility index (Phi) is 28.2. The summed E-state index contributed by atoms with van der Waals surface area (Å²) in [5.41, 5.74) is 0. The van der Waals surface area contributed by atoms with E-state index in [2.05, 4.69) is 67.0 Å². The Morgan fingerprint density at radius 1 is 0.674 bits per heavy atom. The molecule has 0 aromatic carbocycles. The molecule has 0 aliphatic carbocycles. The molecule has 0 rings (SSSR count). The van der Waals surface area contributed by atoms with Gasteiger partial charge in [0, 0.05) is 20.0 Å². The molecule has 0 heterocycles. The molecule has 8 nitrogen and oxygen atoms in total. The summed E-state index contributed by atoms with van der Waals surface area (Å²) in [6.45, 7) is 3.62. The number of hydrogen-bond acceptors (Lipinski definition) is 7. The van der Waals surface area contributed by atoms with E-state index in [1.165, 1.54) is 12.8 Å². The van der Waals surface area contributed by atoms with E-state index < -0.39 is 32.5 Å².